The lowest BCUT2D eigenvalue weighted by Gasteiger charge is -2.08. The van der Waals surface area contributed by atoms with Crippen molar-refractivity contribution in [3.8, 4) is 0 Å². The summed E-state index contributed by atoms with van der Waals surface area (Å²) in [7, 11) is 0. The van der Waals surface area contributed by atoms with Crippen molar-refractivity contribution in [2.75, 3.05) is 0 Å². The molecule has 0 radical (unpaired) electrons. The molecule has 3 aromatic heterocycles. The lowest BCUT2D eigenvalue weighted by Crippen LogP contribution is -2.01. The van der Waals surface area contributed by atoms with Gasteiger partial charge in [-0.1, -0.05) is 27.7 Å². The number of hydrogen-bond donors (Lipinski definition) is 0. The van der Waals surface area contributed by atoms with Crippen LogP contribution >= 0.6 is 34.0 Å². The molecule has 6 heteroatoms. The van der Waals surface area contributed by atoms with E-state index in [1.54, 1.807) is 11.3 Å². The van der Waals surface area contributed by atoms with Gasteiger partial charge in [-0.05, 0) is 40.0 Å². The fourth-order valence-electron chi connectivity index (χ4n) is 3.23. The Hall–Kier alpha value is -1.11. The molecule has 2 atom stereocenters. The Morgan fingerprint density at radius 3 is 2.04 bits per heavy atom. The molecule has 0 saturated heterocycles. The van der Waals surface area contributed by atoms with E-state index in [1.165, 1.54) is 36.2 Å². The zero-order chi connectivity index (χ0) is 20.4. The summed E-state index contributed by atoms with van der Waals surface area (Å²) in [6.07, 6.45) is 3.12. The number of rotatable bonds is 8. The van der Waals surface area contributed by atoms with Crippen molar-refractivity contribution in [3.05, 3.63) is 47.2 Å². The first-order valence-corrected chi connectivity index (χ1v) is 12.6. The van der Waals surface area contributed by atoms with Crippen LogP contribution in [-0.2, 0) is 12.8 Å². The summed E-state index contributed by atoms with van der Waals surface area (Å²) in [6, 6.07) is 0. The summed E-state index contributed by atoms with van der Waals surface area (Å²) in [5, 5.41) is 5.89. The predicted octanol–water partition coefficient (Wildman–Crippen LogP) is 7.19. The van der Waals surface area contributed by atoms with Gasteiger partial charge in [0.1, 0.15) is 0 Å². The van der Waals surface area contributed by atoms with Crippen LogP contribution in [0.25, 0.3) is 0 Å². The standard InChI is InChI=1S/C22H31N3S3/c1-12(2)20-24-18(16(6)27-20)9-8-13(3)22-25-19(17(7)28-22)10-14(4)21-23-15(5)11-26-21/h11-14H,8-10H2,1-7H3. The van der Waals surface area contributed by atoms with Gasteiger partial charge in [0.05, 0.1) is 26.4 Å². The first-order chi connectivity index (χ1) is 13.2. The SMILES string of the molecule is Cc1csc(C(C)Cc2nc(C(C)CCc3nc(C(C)C)sc3C)sc2C)n1. The highest BCUT2D eigenvalue weighted by Gasteiger charge is 2.19. The van der Waals surface area contributed by atoms with Crippen LogP contribution in [-0.4, -0.2) is 15.0 Å². The largest absolute Gasteiger partial charge is 0.246 e. The molecule has 0 aliphatic heterocycles. The zero-order valence-corrected chi connectivity index (χ0v) is 20.4. The van der Waals surface area contributed by atoms with E-state index in [0.717, 1.165) is 25.0 Å². The molecule has 0 spiro atoms. The van der Waals surface area contributed by atoms with Gasteiger partial charge in [0.25, 0.3) is 0 Å². The van der Waals surface area contributed by atoms with Crippen LogP contribution < -0.4 is 0 Å². The van der Waals surface area contributed by atoms with Gasteiger partial charge in [-0.25, -0.2) is 15.0 Å². The van der Waals surface area contributed by atoms with Gasteiger partial charge in [-0.15, -0.1) is 34.0 Å². The normalized spacial score (nSPS) is 14.0. The average Bonchev–Trinajstić information content (AvgIpc) is 3.32. The molecule has 0 aliphatic rings. The van der Waals surface area contributed by atoms with Crippen LogP contribution in [0.15, 0.2) is 5.38 Å². The molecule has 0 saturated carbocycles. The third-order valence-corrected chi connectivity index (χ3v) is 8.86. The van der Waals surface area contributed by atoms with Crippen molar-refractivity contribution in [2.24, 2.45) is 0 Å². The Balaban J connectivity index is 1.63. The van der Waals surface area contributed by atoms with Crippen LogP contribution in [0.5, 0.6) is 0 Å². The molecule has 3 aromatic rings. The topological polar surface area (TPSA) is 38.7 Å². The van der Waals surface area contributed by atoms with Crippen LogP contribution in [0.4, 0.5) is 0 Å². The molecule has 2 unspecified atom stereocenters. The molecule has 0 amide bonds. The molecule has 28 heavy (non-hydrogen) atoms. The van der Waals surface area contributed by atoms with E-state index in [-0.39, 0.29) is 0 Å². The van der Waals surface area contributed by atoms with Crippen molar-refractivity contribution in [1.82, 2.24) is 15.0 Å². The van der Waals surface area contributed by atoms with Gasteiger partial charge in [-0.3, -0.25) is 0 Å². The molecular formula is C22H31N3S3. The third-order valence-electron chi connectivity index (χ3n) is 5.11. The van der Waals surface area contributed by atoms with E-state index in [9.17, 15) is 0 Å². The quantitative estimate of drug-likeness (QED) is 0.377. The number of aryl methyl sites for hydroxylation is 4. The third kappa shape index (κ3) is 5.08. The Morgan fingerprint density at radius 2 is 1.43 bits per heavy atom. The monoisotopic (exact) mass is 433 g/mol. The minimum absolute atomic E-state index is 0.426. The molecule has 152 valence electrons. The van der Waals surface area contributed by atoms with Crippen LogP contribution in [0.1, 0.15) is 93.7 Å². The van der Waals surface area contributed by atoms with Gasteiger partial charge in [0.15, 0.2) is 0 Å². The maximum absolute atomic E-state index is 5.03. The molecule has 0 N–H and O–H groups in total. The second-order valence-electron chi connectivity index (χ2n) is 8.14. The number of aromatic nitrogens is 3. The summed E-state index contributed by atoms with van der Waals surface area (Å²) in [5.41, 5.74) is 3.65. The smallest absolute Gasteiger partial charge is 0.0960 e. The van der Waals surface area contributed by atoms with Crippen LogP contribution in [0, 0.1) is 20.8 Å². The lowest BCUT2D eigenvalue weighted by molar-refractivity contribution is 0.656. The van der Waals surface area contributed by atoms with E-state index in [0.29, 0.717) is 17.8 Å². The highest BCUT2D eigenvalue weighted by molar-refractivity contribution is 7.12. The lowest BCUT2D eigenvalue weighted by atomic mass is 10.0. The molecule has 3 rings (SSSR count). The molecular weight excluding hydrogens is 402 g/mol. The molecule has 0 aliphatic carbocycles. The second kappa shape index (κ2) is 9.14. The van der Waals surface area contributed by atoms with Crippen molar-refractivity contribution < 1.29 is 0 Å². The first kappa shape index (κ1) is 21.6. The van der Waals surface area contributed by atoms with E-state index in [1.807, 2.05) is 22.7 Å². The summed E-state index contributed by atoms with van der Waals surface area (Å²) in [4.78, 5) is 17.3. The summed E-state index contributed by atoms with van der Waals surface area (Å²) < 4.78 is 0. The molecule has 0 fully saturated rings. The maximum atomic E-state index is 5.03. The number of thiazole rings is 3. The first-order valence-electron chi connectivity index (χ1n) is 10.1. The fraction of sp³-hybridized carbons (Fsp3) is 0.591. The fourth-order valence-corrected chi connectivity index (χ4v) is 6.09. The Bertz CT molecular complexity index is 920. The van der Waals surface area contributed by atoms with Crippen LogP contribution in [0.2, 0.25) is 0 Å². The molecule has 3 nitrogen and oxygen atoms in total. The zero-order valence-electron chi connectivity index (χ0n) is 18.0. The second-order valence-corrected chi connectivity index (χ2v) is 11.5. The summed E-state index contributed by atoms with van der Waals surface area (Å²) >= 11 is 5.49. The van der Waals surface area contributed by atoms with Crippen molar-refractivity contribution in [1.29, 1.82) is 0 Å². The van der Waals surface area contributed by atoms with Gasteiger partial charge in [0.2, 0.25) is 0 Å². The Morgan fingerprint density at radius 1 is 0.786 bits per heavy atom. The van der Waals surface area contributed by atoms with E-state index in [2.05, 4.69) is 58.8 Å². The van der Waals surface area contributed by atoms with Crippen molar-refractivity contribution in [3.63, 3.8) is 0 Å². The molecule has 3 heterocycles. The van der Waals surface area contributed by atoms with Crippen molar-refractivity contribution in [2.45, 2.75) is 85.5 Å². The van der Waals surface area contributed by atoms with E-state index in [4.69, 9.17) is 9.97 Å². The molecule has 0 bridgehead atoms. The summed E-state index contributed by atoms with van der Waals surface area (Å²) in [6.45, 7) is 15.5. The highest BCUT2D eigenvalue weighted by atomic mass is 32.1. The van der Waals surface area contributed by atoms with Gasteiger partial charge in [-0.2, -0.15) is 0 Å². The van der Waals surface area contributed by atoms with E-state index >= 15 is 0 Å². The predicted molar refractivity (Wildman–Crippen MR) is 123 cm³/mol. The Kier molecular flexibility index (Phi) is 7.05. The minimum Gasteiger partial charge on any atom is -0.246 e. The maximum Gasteiger partial charge on any atom is 0.0960 e. The number of hydrogen-bond acceptors (Lipinski definition) is 6. The Labute approximate surface area is 181 Å². The van der Waals surface area contributed by atoms with Gasteiger partial charge >= 0.3 is 0 Å². The van der Waals surface area contributed by atoms with Gasteiger partial charge in [0, 0.05) is 38.6 Å². The average molecular weight is 434 g/mol. The number of nitrogens with zero attached hydrogens (tertiary/aromatic N) is 3. The van der Waals surface area contributed by atoms with Crippen molar-refractivity contribution >= 4 is 34.0 Å². The summed E-state index contributed by atoms with van der Waals surface area (Å²) in [5.74, 6) is 1.41. The highest BCUT2D eigenvalue weighted by Crippen LogP contribution is 2.32. The van der Waals surface area contributed by atoms with Gasteiger partial charge < -0.3 is 0 Å². The van der Waals surface area contributed by atoms with Crippen LogP contribution in [0.3, 0.4) is 0 Å². The minimum atomic E-state index is 0.426. The molecule has 0 aromatic carbocycles. The van der Waals surface area contributed by atoms with E-state index < -0.39 is 0 Å².